The molecule has 5 rings (SSSR count). The number of amides is 3. The van der Waals surface area contributed by atoms with Crippen LogP contribution in [0.3, 0.4) is 0 Å². The fourth-order valence-electron chi connectivity index (χ4n) is 6.02. The second kappa shape index (κ2) is 7.35. The Labute approximate surface area is 190 Å². The third-order valence-corrected chi connectivity index (χ3v) is 9.18. The summed E-state index contributed by atoms with van der Waals surface area (Å²) in [6.45, 7) is 2.62. The van der Waals surface area contributed by atoms with E-state index in [4.69, 9.17) is 4.78 Å². The van der Waals surface area contributed by atoms with Crippen molar-refractivity contribution in [2.45, 2.75) is 54.5 Å². The Kier molecular flexibility index (Phi) is 5.01. The molecule has 0 aromatic heterocycles. The maximum absolute atomic E-state index is 12.8. The van der Waals surface area contributed by atoms with Crippen LogP contribution in [0, 0.1) is 16.1 Å². The highest BCUT2D eigenvalue weighted by molar-refractivity contribution is 7.93. The zero-order valence-corrected chi connectivity index (χ0v) is 18.9. The lowest BCUT2D eigenvalue weighted by atomic mass is 9.56. The Bertz CT molecular complexity index is 1070. The average molecular weight is 485 g/mol. The average Bonchev–Trinajstić information content (AvgIpc) is 2.66. The number of urea groups is 1. The minimum absolute atomic E-state index is 0.0359. The summed E-state index contributed by atoms with van der Waals surface area (Å²) in [5, 5.41) is 3.04. The zero-order chi connectivity index (χ0) is 23.6. The van der Waals surface area contributed by atoms with Gasteiger partial charge in [0.05, 0.1) is 10.4 Å². The molecule has 1 atom stereocenters. The van der Waals surface area contributed by atoms with Gasteiger partial charge in [-0.05, 0) is 55.7 Å². The molecule has 2 N–H and O–H groups in total. The van der Waals surface area contributed by atoms with Gasteiger partial charge in [0.2, 0.25) is 5.91 Å². The Balaban J connectivity index is 1.07. The summed E-state index contributed by atoms with van der Waals surface area (Å²) in [5.74, 6) is 0.473. The van der Waals surface area contributed by atoms with Gasteiger partial charge in [-0.3, -0.25) is 4.79 Å². The summed E-state index contributed by atoms with van der Waals surface area (Å²) in [6, 6.07) is 5.38. The number of rotatable bonds is 3. The van der Waals surface area contributed by atoms with Gasteiger partial charge in [0.25, 0.3) is 0 Å². The standard InChI is InChI=1S/C22H27F3N4O3S/c23-22(24,25)33(26,32)17-5-3-15(4-6-17)8-16-9-20(10-16)11-28(12-20)19(31)29-13-21(14-29)7-1-2-18(30)27-21/h3-6,16,26H,1-2,7-14H2,(H,27,30). The Morgan fingerprint density at radius 1 is 1.12 bits per heavy atom. The molecule has 3 aliphatic heterocycles. The molecule has 1 saturated carbocycles. The van der Waals surface area contributed by atoms with Crippen LogP contribution in [0.25, 0.3) is 0 Å². The van der Waals surface area contributed by atoms with Crippen molar-refractivity contribution >= 4 is 21.7 Å². The quantitative estimate of drug-likeness (QED) is 0.689. The molecule has 2 spiro atoms. The molecule has 3 heterocycles. The van der Waals surface area contributed by atoms with E-state index in [9.17, 15) is 27.0 Å². The number of likely N-dealkylation sites (tertiary alicyclic amines) is 2. The molecule has 1 aliphatic carbocycles. The number of carbonyl (C=O) groups excluding carboxylic acids is 2. The molecule has 0 radical (unpaired) electrons. The molecule has 1 aromatic carbocycles. The first-order valence-electron chi connectivity index (χ1n) is 11.2. The number of alkyl halides is 3. The molecule has 3 amide bonds. The van der Waals surface area contributed by atoms with Crippen LogP contribution in [0.2, 0.25) is 0 Å². The molecule has 1 aromatic rings. The largest absolute Gasteiger partial charge is 0.483 e. The topological polar surface area (TPSA) is 93.6 Å². The fraction of sp³-hybridized carbons (Fsp3) is 0.636. The van der Waals surface area contributed by atoms with Gasteiger partial charge >= 0.3 is 11.5 Å². The number of hydrogen-bond donors (Lipinski definition) is 2. The smallest absolute Gasteiger partial charge is 0.347 e. The van der Waals surface area contributed by atoms with Crippen LogP contribution in [0.4, 0.5) is 18.0 Å². The van der Waals surface area contributed by atoms with E-state index >= 15 is 0 Å². The predicted molar refractivity (Wildman–Crippen MR) is 114 cm³/mol. The number of benzene rings is 1. The van der Waals surface area contributed by atoms with E-state index in [0.29, 0.717) is 25.4 Å². The van der Waals surface area contributed by atoms with Crippen LogP contribution in [0.15, 0.2) is 29.2 Å². The third kappa shape index (κ3) is 3.87. The number of halogens is 3. The van der Waals surface area contributed by atoms with Gasteiger partial charge in [0.15, 0.2) is 9.73 Å². The highest BCUT2D eigenvalue weighted by atomic mass is 32.2. The van der Waals surface area contributed by atoms with Crippen molar-refractivity contribution in [1.82, 2.24) is 15.1 Å². The first-order chi connectivity index (χ1) is 15.4. The van der Waals surface area contributed by atoms with E-state index in [1.165, 1.54) is 12.1 Å². The summed E-state index contributed by atoms with van der Waals surface area (Å²) in [7, 11) is -4.82. The summed E-state index contributed by atoms with van der Waals surface area (Å²) < 4.78 is 57.2. The molecular formula is C22H27F3N4O3S. The Morgan fingerprint density at radius 2 is 1.73 bits per heavy atom. The van der Waals surface area contributed by atoms with Crippen LogP contribution in [0.1, 0.15) is 37.7 Å². The number of hydrogen-bond acceptors (Lipinski definition) is 4. The molecule has 33 heavy (non-hydrogen) atoms. The second-order valence-corrected chi connectivity index (χ2v) is 12.3. The highest BCUT2D eigenvalue weighted by Gasteiger charge is 2.56. The first-order valence-corrected chi connectivity index (χ1v) is 12.8. The Morgan fingerprint density at radius 3 is 2.30 bits per heavy atom. The summed E-state index contributed by atoms with van der Waals surface area (Å²) in [6.07, 6.45) is 5.01. The number of piperidine rings is 1. The van der Waals surface area contributed by atoms with Crippen LogP contribution in [-0.4, -0.2) is 63.2 Å². The van der Waals surface area contributed by atoms with E-state index in [1.807, 2.05) is 4.90 Å². The lowest BCUT2D eigenvalue weighted by Crippen LogP contribution is -2.75. The van der Waals surface area contributed by atoms with Crippen molar-refractivity contribution in [2.75, 3.05) is 26.2 Å². The van der Waals surface area contributed by atoms with Crippen molar-refractivity contribution in [2.24, 2.45) is 11.3 Å². The van der Waals surface area contributed by atoms with Crippen molar-refractivity contribution in [3.8, 4) is 0 Å². The fourth-order valence-corrected chi connectivity index (χ4v) is 6.80. The minimum Gasteiger partial charge on any atom is -0.347 e. The van der Waals surface area contributed by atoms with Gasteiger partial charge in [0.1, 0.15) is 0 Å². The molecule has 180 valence electrons. The number of nitrogens with one attached hydrogen (secondary N) is 2. The SMILES string of the molecule is N=S(=O)(c1ccc(CC2CC3(C2)CN(C(=O)N2CC4(CCCC(=O)N4)C2)C3)cc1)C(F)(F)F. The summed E-state index contributed by atoms with van der Waals surface area (Å²) in [4.78, 5) is 27.5. The van der Waals surface area contributed by atoms with Gasteiger partial charge in [-0.2, -0.15) is 13.2 Å². The van der Waals surface area contributed by atoms with Crippen LogP contribution >= 0.6 is 0 Å². The van der Waals surface area contributed by atoms with Crippen LogP contribution < -0.4 is 5.32 Å². The lowest BCUT2D eigenvalue weighted by molar-refractivity contribution is -0.128. The van der Waals surface area contributed by atoms with Crippen molar-refractivity contribution in [3.63, 3.8) is 0 Å². The molecule has 3 saturated heterocycles. The van der Waals surface area contributed by atoms with Crippen molar-refractivity contribution in [3.05, 3.63) is 29.8 Å². The van der Waals surface area contributed by atoms with Gasteiger partial charge in [0, 0.05) is 38.0 Å². The van der Waals surface area contributed by atoms with Gasteiger partial charge in [-0.1, -0.05) is 12.1 Å². The van der Waals surface area contributed by atoms with Crippen LogP contribution in [-0.2, 0) is 20.9 Å². The van der Waals surface area contributed by atoms with Crippen molar-refractivity contribution < 1.29 is 27.0 Å². The minimum atomic E-state index is -5.08. The molecular weight excluding hydrogens is 457 g/mol. The van der Waals surface area contributed by atoms with Crippen LogP contribution in [0.5, 0.6) is 0 Å². The van der Waals surface area contributed by atoms with Crippen molar-refractivity contribution in [1.29, 1.82) is 4.78 Å². The monoisotopic (exact) mass is 484 g/mol. The molecule has 11 heteroatoms. The molecule has 4 aliphatic rings. The molecule has 0 bridgehead atoms. The van der Waals surface area contributed by atoms with E-state index in [2.05, 4.69) is 5.32 Å². The van der Waals surface area contributed by atoms with E-state index in [-0.39, 0.29) is 22.9 Å². The van der Waals surface area contributed by atoms with Gasteiger partial charge in [-0.25, -0.2) is 13.8 Å². The zero-order valence-electron chi connectivity index (χ0n) is 18.1. The maximum atomic E-state index is 12.8. The van der Waals surface area contributed by atoms with E-state index in [0.717, 1.165) is 62.9 Å². The summed E-state index contributed by atoms with van der Waals surface area (Å²) >= 11 is 0. The predicted octanol–water partition coefficient (Wildman–Crippen LogP) is 3.34. The van der Waals surface area contributed by atoms with Gasteiger partial charge in [-0.15, -0.1) is 0 Å². The second-order valence-electron chi connectivity index (χ2n) is 10.3. The van der Waals surface area contributed by atoms with E-state index < -0.39 is 20.1 Å². The third-order valence-electron chi connectivity index (χ3n) is 7.59. The summed E-state index contributed by atoms with van der Waals surface area (Å²) in [5.41, 5.74) is -4.29. The molecule has 4 fully saturated rings. The lowest BCUT2D eigenvalue weighted by Gasteiger charge is -2.61. The first kappa shape index (κ1) is 22.5. The Hall–Kier alpha value is -2.30. The number of nitrogens with zero attached hydrogens (tertiary/aromatic N) is 2. The number of carbonyl (C=O) groups is 2. The molecule has 1 unspecified atom stereocenters. The molecule has 7 nitrogen and oxygen atoms in total. The normalized spacial score (nSPS) is 25.6. The highest BCUT2D eigenvalue weighted by Crippen LogP contribution is 2.53. The maximum Gasteiger partial charge on any atom is 0.483 e. The van der Waals surface area contributed by atoms with E-state index in [1.54, 1.807) is 4.90 Å². The van der Waals surface area contributed by atoms with Gasteiger partial charge < -0.3 is 15.1 Å².